The number of hydrogen-bond acceptors (Lipinski definition) is 3. The van der Waals surface area contributed by atoms with Crippen molar-refractivity contribution in [2.45, 2.75) is 57.5 Å². The SMILES string of the molecule is CCCN(CC1CCCCN1)C1CCCSC1. The van der Waals surface area contributed by atoms with Gasteiger partial charge in [-0.2, -0.15) is 11.8 Å². The minimum atomic E-state index is 0.766. The van der Waals surface area contributed by atoms with Crippen LogP contribution in [0.4, 0.5) is 0 Å². The molecule has 2 nitrogen and oxygen atoms in total. The lowest BCUT2D eigenvalue weighted by Crippen LogP contribution is -2.48. The molecule has 3 heteroatoms. The summed E-state index contributed by atoms with van der Waals surface area (Å²) < 4.78 is 0. The Bertz CT molecular complexity index is 198. The zero-order valence-corrected chi connectivity index (χ0v) is 12.1. The minimum absolute atomic E-state index is 0.766. The quantitative estimate of drug-likeness (QED) is 0.814. The Morgan fingerprint density at radius 2 is 2.18 bits per heavy atom. The Morgan fingerprint density at radius 1 is 1.24 bits per heavy atom. The molecule has 2 fully saturated rings. The molecule has 2 heterocycles. The highest BCUT2D eigenvalue weighted by Crippen LogP contribution is 2.22. The Morgan fingerprint density at radius 3 is 2.82 bits per heavy atom. The molecule has 0 bridgehead atoms. The third-order valence-corrected chi connectivity index (χ3v) is 5.23. The maximum atomic E-state index is 3.70. The molecule has 2 unspecified atom stereocenters. The summed E-state index contributed by atoms with van der Waals surface area (Å²) in [5.41, 5.74) is 0. The topological polar surface area (TPSA) is 15.3 Å². The van der Waals surface area contributed by atoms with Crippen molar-refractivity contribution in [2.75, 3.05) is 31.1 Å². The smallest absolute Gasteiger partial charge is 0.0195 e. The molecule has 0 aromatic heterocycles. The first-order chi connectivity index (χ1) is 8.40. The Hall–Kier alpha value is 0.270. The average molecular weight is 256 g/mol. The first-order valence-electron chi connectivity index (χ1n) is 7.45. The number of rotatable bonds is 5. The first kappa shape index (κ1) is 13.7. The van der Waals surface area contributed by atoms with Crippen molar-refractivity contribution in [2.24, 2.45) is 0 Å². The van der Waals surface area contributed by atoms with Gasteiger partial charge in [-0.25, -0.2) is 0 Å². The normalized spacial score (nSPS) is 30.7. The van der Waals surface area contributed by atoms with Gasteiger partial charge in [0.05, 0.1) is 0 Å². The third kappa shape index (κ3) is 4.46. The van der Waals surface area contributed by atoms with Crippen LogP contribution in [0.1, 0.15) is 45.4 Å². The molecule has 0 aromatic carbocycles. The molecule has 100 valence electrons. The Balaban J connectivity index is 1.81. The summed E-state index contributed by atoms with van der Waals surface area (Å²) in [5, 5.41) is 3.70. The van der Waals surface area contributed by atoms with Crippen LogP contribution >= 0.6 is 11.8 Å². The van der Waals surface area contributed by atoms with Gasteiger partial charge in [-0.15, -0.1) is 0 Å². The van der Waals surface area contributed by atoms with Crippen LogP contribution in [-0.4, -0.2) is 48.1 Å². The van der Waals surface area contributed by atoms with Gasteiger partial charge in [0.15, 0.2) is 0 Å². The molecule has 0 aliphatic carbocycles. The molecule has 0 saturated carbocycles. The number of nitrogens with zero attached hydrogens (tertiary/aromatic N) is 1. The highest BCUT2D eigenvalue weighted by Gasteiger charge is 2.24. The van der Waals surface area contributed by atoms with Crippen molar-refractivity contribution in [3.8, 4) is 0 Å². The fraction of sp³-hybridized carbons (Fsp3) is 1.00. The van der Waals surface area contributed by atoms with Crippen LogP contribution in [0.15, 0.2) is 0 Å². The highest BCUT2D eigenvalue weighted by atomic mass is 32.2. The summed E-state index contributed by atoms with van der Waals surface area (Å²) in [6, 6.07) is 1.62. The summed E-state index contributed by atoms with van der Waals surface area (Å²) in [5.74, 6) is 2.75. The molecular formula is C14H28N2S. The van der Waals surface area contributed by atoms with Crippen molar-refractivity contribution >= 4 is 11.8 Å². The number of piperidine rings is 1. The van der Waals surface area contributed by atoms with E-state index in [0.717, 1.165) is 12.1 Å². The summed E-state index contributed by atoms with van der Waals surface area (Å²) in [7, 11) is 0. The van der Waals surface area contributed by atoms with Crippen LogP contribution in [0, 0.1) is 0 Å². The summed E-state index contributed by atoms with van der Waals surface area (Å²) in [6.45, 7) is 6.14. The molecule has 2 saturated heterocycles. The summed E-state index contributed by atoms with van der Waals surface area (Å²) >= 11 is 2.16. The lowest BCUT2D eigenvalue weighted by molar-refractivity contribution is 0.169. The molecule has 0 radical (unpaired) electrons. The second-order valence-electron chi connectivity index (χ2n) is 5.51. The van der Waals surface area contributed by atoms with E-state index in [4.69, 9.17) is 0 Å². The zero-order chi connectivity index (χ0) is 11.9. The number of hydrogen-bond donors (Lipinski definition) is 1. The molecule has 0 amide bonds. The van der Waals surface area contributed by atoms with E-state index in [1.807, 2.05) is 0 Å². The van der Waals surface area contributed by atoms with Crippen LogP contribution < -0.4 is 5.32 Å². The van der Waals surface area contributed by atoms with E-state index in [9.17, 15) is 0 Å². The van der Waals surface area contributed by atoms with E-state index in [1.165, 1.54) is 69.7 Å². The molecule has 2 atom stereocenters. The van der Waals surface area contributed by atoms with Crippen molar-refractivity contribution in [1.82, 2.24) is 10.2 Å². The highest BCUT2D eigenvalue weighted by molar-refractivity contribution is 7.99. The standard InChI is InChI=1S/C14H28N2S/c1-2-9-16(14-7-5-10-17-12-14)11-13-6-3-4-8-15-13/h13-15H,2-12H2,1H3. The molecule has 1 N–H and O–H groups in total. The maximum absolute atomic E-state index is 3.70. The minimum Gasteiger partial charge on any atom is -0.313 e. The van der Waals surface area contributed by atoms with Gasteiger partial charge in [0.2, 0.25) is 0 Å². The Kier molecular flexibility index (Phi) is 6.16. The van der Waals surface area contributed by atoms with Crippen molar-refractivity contribution in [3.63, 3.8) is 0 Å². The van der Waals surface area contributed by atoms with E-state index in [0.29, 0.717) is 0 Å². The lowest BCUT2D eigenvalue weighted by Gasteiger charge is -2.37. The second-order valence-corrected chi connectivity index (χ2v) is 6.66. The van der Waals surface area contributed by atoms with E-state index >= 15 is 0 Å². The fourth-order valence-corrected chi connectivity index (χ4v) is 4.27. The molecule has 0 aromatic rings. The lowest BCUT2D eigenvalue weighted by atomic mass is 10.0. The largest absolute Gasteiger partial charge is 0.313 e. The van der Waals surface area contributed by atoms with E-state index in [-0.39, 0.29) is 0 Å². The molecule has 2 aliphatic heterocycles. The number of thioether (sulfide) groups is 1. The Labute approximate surface area is 111 Å². The van der Waals surface area contributed by atoms with Crippen LogP contribution in [0.3, 0.4) is 0 Å². The van der Waals surface area contributed by atoms with E-state index in [2.05, 4.69) is 28.9 Å². The number of nitrogens with one attached hydrogen (secondary N) is 1. The summed E-state index contributed by atoms with van der Waals surface area (Å²) in [4.78, 5) is 2.77. The van der Waals surface area contributed by atoms with Crippen LogP contribution in [0.2, 0.25) is 0 Å². The van der Waals surface area contributed by atoms with Crippen molar-refractivity contribution in [1.29, 1.82) is 0 Å². The maximum Gasteiger partial charge on any atom is 0.0195 e. The van der Waals surface area contributed by atoms with E-state index < -0.39 is 0 Å². The molecular weight excluding hydrogens is 228 g/mol. The van der Waals surface area contributed by atoms with E-state index in [1.54, 1.807) is 0 Å². The van der Waals surface area contributed by atoms with Crippen molar-refractivity contribution < 1.29 is 0 Å². The molecule has 17 heavy (non-hydrogen) atoms. The fourth-order valence-electron chi connectivity index (χ4n) is 3.08. The third-order valence-electron chi connectivity index (χ3n) is 4.03. The van der Waals surface area contributed by atoms with Gasteiger partial charge in [0.1, 0.15) is 0 Å². The van der Waals surface area contributed by atoms with Crippen LogP contribution in [0.5, 0.6) is 0 Å². The molecule has 2 aliphatic rings. The van der Waals surface area contributed by atoms with Gasteiger partial charge in [0.25, 0.3) is 0 Å². The monoisotopic (exact) mass is 256 g/mol. The predicted molar refractivity (Wildman–Crippen MR) is 77.9 cm³/mol. The van der Waals surface area contributed by atoms with Crippen LogP contribution in [-0.2, 0) is 0 Å². The van der Waals surface area contributed by atoms with Gasteiger partial charge >= 0.3 is 0 Å². The van der Waals surface area contributed by atoms with Gasteiger partial charge in [-0.05, 0) is 50.9 Å². The second kappa shape index (κ2) is 7.65. The first-order valence-corrected chi connectivity index (χ1v) is 8.61. The van der Waals surface area contributed by atoms with Gasteiger partial charge in [-0.3, -0.25) is 4.90 Å². The van der Waals surface area contributed by atoms with Gasteiger partial charge in [-0.1, -0.05) is 13.3 Å². The summed E-state index contributed by atoms with van der Waals surface area (Å²) in [6.07, 6.45) is 8.35. The van der Waals surface area contributed by atoms with Gasteiger partial charge < -0.3 is 5.32 Å². The van der Waals surface area contributed by atoms with Gasteiger partial charge in [0, 0.05) is 24.4 Å². The van der Waals surface area contributed by atoms with Crippen molar-refractivity contribution in [3.05, 3.63) is 0 Å². The van der Waals surface area contributed by atoms with Crippen LogP contribution in [0.25, 0.3) is 0 Å². The molecule has 2 rings (SSSR count). The predicted octanol–water partition coefficient (Wildman–Crippen LogP) is 2.74. The molecule has 0 spiro atoms. The zero-order valence-electron chi connectivity index (χ0n) is 11.3. The average Bonchev–Trinajstić information content (AvgIpc) is 2.40.